The van der Waals surface area contributed by atoms with Gasteiger partial charge in [0.25, 0.3) is 11.6 Å². The van der Waals surface area contributed by atoms with Gasteiger partial charge in [-0.2, -0.15) is 0 Å². The minimum absolute atomic E-state index is 0.0283. The Labute approximate surface area is 184 Å². The molecule has 0 spiro atoms. The third-order valence-corrected chi connectivity index (χ3v) is 7.82. The van der Waals surface area contributed by atoms with E-state index in [4.69, 9.17) is 0 Å². The number of benzene rings is 2. The lowest BCUT2D eigenvalue weighted by molar-refractivity contribution is -0.384. The molecule has 4 rings (SSSR count). The van der Waals surface area contributed by atoms with Gasteiger partial charge in [-0.05, 0) is 44.0 Å². The van der Waals surface area contributed by atoms with E-state index >= 15 is 0 Å². The molecule has 1 aliphatic carbocycles. The topological polar surface area (TPSA) is 137 Å². The highest BCUT2D eigenvalue weighted by molar-refractivity contribution is 7.92. The Kier molecular flexibility index (Phi) is 5.74. The number of rotatable bonds is 6. The first kappa shape index (κ1) is 21.6. The highest BCUT2D eigenvalue weighted by Crippen LogP contribution is 2.30. The van der Waals surface area contributed by atoms with Crippen LogP contribution in [0.3, 0.4) is 0 Å². The van der Waals surface area contributed by atoms with Gasteiger partial charge in [-0.3, -0.25) is 14.9 Å². The summed E-state index contributed by atoms with van der Waals surface area (Å²) in [5.74, 6) is -0.561. The van der Waals surface area contributed by atoms with E-state index < -0.39 is 20.7 Å². The number of carbonyl (C=O) groups is 1. The lowest BCUT2D eigenvalue weighted by Crippen LogP contribution is -2.18. The summed E-state index contributed by atoms with van der Waals surface area (Å²) in [6.07, 6.45) is 3.11. The van der Waals surface area contributed by atoms with E-state index in [1.165, 1.54) is 35.0 Å². The molecular weight excluding hydrogens is 434 g/mol. The number of sulfone groups is 1. The molecule has 1 aliphatic rings. The van der Waals surface area contributed by atoms with Gasteiger partial charge in [0.15, 0.2) is 15.5 Å². The fraction of sp³-hybridized carbons (Fsp3) is 0.286. The number of amides is 1. The van der Waals surface area contributed by atoms with Crippen molar-refractivity contribution in [2.24, 2.45) is 0 Å². The van der Waals surface area contributed by atoms with Crippen LogP contribution in [-0.2, 0) is 9.84 Å². The number of anilines is 1. The molecule has 0 atom stereocenters. The Morgan fingerprint density at radius 1 is 1.16 bits per heavy atom. The summed E-state index contributed by atoms with van der Waals surface area (Å²) in [5, 5.41) is 21.2. The lowest BCUT2D eigenvalue weighted by atomic mass is 10.2. The molecule has 32 heavy (non-hydrogen) atoms. The highest BCUT2D eigenvalue weighted by atomic mass is 32.2. The predicted octanol–water partition coefficient (Wildman–Crippen LogP) is 3.45. The molecule has 1 aromatic heterocycles. The Balaban J connectivity index is 1.57. The predicted molar refractivity (Wildman–Crippen MR) is 117 cm³/mol. The third kappa shape index (κ3) is 4.11. The summed E-state index contributed by atoms with van der Waals surface area (Å²) in [5.41, 5.74) is 1.04. The van der Waals surface area contributed by atoms with Crippen molar-refractivity contribution in [1.29, 1.82) is 0 Å². The number of carbonyl (C=O) groups excluding carboxylic acids is 1. The van der Waals surface area contributed by atoms with E-state index in [2.05, 4.69) is 15.6 Å². The molecule has 1 fully saturated rings. The van der Waals surface area contributed by atoms with E-state index in [-0.39, 0.29) is 21.5 Å². The number of aromatic nitrogens is 3. The second-order valence-corrected chi connectivity index (χ2v) is 9.87. The first-order valence-electron chi connectivity index (χ1n) is 10.1. The van der Waals surface area contributed by atoms with Crippen LogP contribution in [0.2, 0.25) is 0 Å². The van der Waals surface area contributed by atoms with Crippen molar-refractivity contribution in [3.8, 4) is 5.69 Å². The van der Waals surface area contributed by atoms with Crippen LogP contribution in [-0.4, -0.2) is 39.5 Å². The quantitative estimate of drug-likeness (QED) is 0.444. The zero-order valence-corrected chi connectivity index (χ0v) is 18.1. The average molecular weight is 455 g/mol. The molecule has 0 unspecified atom stereocenters. The number of nitro groups is 1. The summed E-state index contributed by atoms with van der Waals surface area (Å²) < 4.78 is 27.0. The van der Waals surface area contributed by atoms with E-state index in [0.717, 1.165) is 12.8 Å². The van der Waals surface area contributed by atoms with Gasteiger partial charge < -0.3 is 5.32 Å². The molecule has 2 aromatic carbocycles. The molecule has 1 amide bonds. The Morgan fingerprint density at radius 2 is 1.88 bits per heavy atom. The van der Waals surface area contributed by atoms with Gasteiger partial charge in [-0.25, -0.2) is 13.1 Å². The van der Waals surface area contributed by atoms with Crippen LogP contribution < -0.4 is 5.32 Å². The molecular formula is C21H21N5O5S. The third-order valence-electron chi connectivity index (χ3n) is 5.56. The summed E-state index contributed by atoms with van der Waals surface area (Å²) in [6.45, 7) is 1.62. The highest BCUT2D eigenvalue weighted by Gasteiger charge is 2.30. The van der Waals surface area contributed by atoms with E-state index in [9.17, 15) is 23.3 Å². The minimum atomic E-state index is -3.45. The fourth-order valence-electron chi connectivity index (χ4n) is 3.85. The number of hydrogen-bond donors (Lipinski definition) is 1. The molecule has 0 saturated heterocycles. The molecule has 1 N–H and O–H groups in total. The van der Waals surface area contributed by atoms with Crippen LogP contribution in [0.4, 0.5) is 11.4 Å². The van der Waals surface area contributed by atoms with Crippen LogP contribution in [0, 0.1) is 17.0 Å². The number of hydrogen-bond acceptors (Lipinski definition) is 7. The van der Waals surface area contributed by atoms with Gasteiger partial charge in [-0.15, -0.1) is 5.10 Å². The minimum Gasteiger partial charge on any atom is -0.320 e. The molecule has 0 aliphatic heterocycles. The maximum atomic E-state index is 12.8. The van der Waals surface area contributed by atoms with Crippen molar-refractivity contribution in [2.75, 3.05) is 5.32 Å². The summed E-state index contributed by atoms with van der Waals surface area (Å²) in [7, 11) is -3.45. The molecule has 166 valence electrons. The Morgan fingerprint density at radius 3 is 2.59 bits per heavy atom. The maximum absolute atomic E-state index is 12.8. The largest absolute Gasteiger partial charge is 0.320 e. The lowest BCUT2D eigenvalue weighted by Gasteiger charge is -2.12. The first-order chi connectivity index (χ1) is 15.3. The second kappa shape index (κ2) is 8.50. The van der Waals surface area contributed by atoms with Gasteiger partial charge in [0.2, 0.25) is 0 Å². The first-order valence-corrected chi connectivity index (χ1v) is 11.6. The molecule has 1 saturated carbocycles. The van der Waals surface area contributed by atoms with Crippen LogP contribution >= 0.6 is 0 Å². The zero-order valence-electron chi connectivity index (χ0n) is 17.3. The monoisotopic (exact) mass is 455 g/mol. The van der Waals surface area contributed by atoms with Crippen LogP contribution in [0.1, 0.15) is 41.9 Å². The van der Waals surface area contributed by atoms with Gasteiger partial charge in [0.05, 0.1) is 26.5 Å². The molecule has 10 nitrogen and oxygen atoms in total. The van der Waals surface area contributed by atoms with Gasteiger partial charge in [0.1, 0.15) is 0 Å². The van der Waals surface area contributed by atoms with Crippen molar-refractivity contribution in [3.63, 3.8) is 0 Å². The normalized spacial score (nSPS) is 14.4. The standard InChI is InChI=1S/C21H21N5O5S/c1-14-20(23-24-25(14)16-7-5-8-17(13-16)26(28)29)21(27)22-15-6-4-11-19(12-15)32(30,31)18-9-2-3-10-18/h4-8,11-13,18H,2-3,9-10H2,1H3,(H,22,27). The molecule has 3 aromatic rings. The number of nitrogens with zero attached hydrogens (tertiary/aromatic N) is 4. The average Bonchev–Trinajstić information content (AvgIpc) is 3.44. The number of nitrogens with one attached hydrogen (secondary N) is 1. The van der Waals surface area contributed by atoms with Crippen LogP contribution in [0.5, 0.6) is 0 Å². The Bertz CT molecular complexity index is 1300. The van der Waals surface area contributed by atoms with Crippen LogP contribution in [0.25, 0.3) is 5.69 Å². The van der Waals surface area contributed by atoms with Crippen molar-refractivity contribution < 1.29 is 18.1 Å². The molecule has 0 radical (unpaired) electrons. The van der Waals surface area contributed by atoms with E-state index in [1.54, 1.807) is 25.1 Å². The zero-order chi connectivity index (χ0) is 22.9. The fourth-order valence-corrected chi connectivity index (χ4v) is 5.75. The number of nitro benzene ring substituents is 1. The molecule has 0 bridgehead atoms. The molecule has 11 heteroatoms. The number of non-ortho nitro benzene ring substituents is 1. The van der Waals surface area contributed by atoms with E-state index in [0.29, 0.717) is 29.9 Å². The second-order valence-electron chi connectivity index (χ2n) is 7.65. The van der Waals surface area contributed by atoms with E-state index in [1.807, 2.05) is 0 Å². The van der Waals surface area contributed by atoms with Gasteiger partial charge >= 0.3 is 0 Å². The molecule has 1 heterocycles. The summed E-state index contributed by atoms with van der Waals surface area (Å²) in [4.78, 5) is 23.5. The van der Waals surface area contributed by atoms with Gasteiger partial charge in [-0.1, -0.05) is 30.2 Å². The smallest absolute Gasteiger partial charge is 0.278 e. The van der Waals surface area contributed by atoms with Gasteiger partial charge in [0, 0.05) is 17.8 Å². The van der Waals surface area contributed by atoms with Crippen LogP contribution in [0.15, 0.2) is 53.4 Å². The summed E-state index contributed by atoms with van der Waals surface area (Å²) in [6, 6.07) is 12.0. The maximum Gasteiger partial charge on any atom is 0.278 e. The Hall–Kier alpha value is -3.60. The van der Waals surface area contributed by atoms with Crippen molar-refractivity contribution in [2.45, 2.75) is 42.8 Å². The van der Waals surface area contributed by atoms with Crippen molar-refractivity contribution >= 4 is 27.1 Å². The SMILES string of the molecule is Cc1c(C(=O)Nc2cccc(S(=O)(=O)C3CCCC3)c2)nnn1-c1cccc([N+](=O)[O-])c1. The summed E-state index contributed by atoms with van der Waals surface area (Å²) >= 11 is 0. The van der Waals surface area contributed by atoms with Crippen molar-refractivity contribution in [1.82, 2.24) is 15.0 Å². The van der Waals surface area contributed by atoms with Crippen molar-refractivity contribution in [3.05, 3.63) is 70.0 Å².